The van der Waals surface area contributed by atoms with Crippen molar-refractivity contribution in [3.8, 4) is 5.75 Å². The Kier molecular flexibility index (Phi) is 6.03. The zero-order valence-electron chi connectivity index (χ0n) is 17.2. The molecule has 0 aliphatic carbocycles. The summed E-state index contributed by atoms with van der Waals surface area (Å²) < 4.78 is 5.52. The predicted molar refractivity (Wildman–Crippen MR) is 113 cm³/mol. The number of anilines is 1. The van der Waals surface area contributed by atoms with E-state index in [1.807, 2.05) is 39.0 Å². The van der Waals surface area contributed by atoms with E-state index < -0.39 is 5.91 Å². The Morgan fingerprint density at radius 3 is 2.45 bits per heavy atom. The quantitative estimate of drug-likeness (QED) is 0.732. The summed E-state index contributed by atoms with van der Waals surface area (Å²) >= 11 is 0. The van der Waals surface area contributed by atoms with E-state index in [1.54, 1.807) is 36.2 Å². The van der Waals surface area contributed by atoms with Gasteiger partial charge in [0.25, 0.3) is 11.8 Å². The second kappa shape index (κ2) is 8.49. The summed E-state index contributed by atoms with van der Waals surface area (Å²) in [4.78, 5) is 29.6. The number of benzene rings is 2. The molecule has 0 saturated heterocycles. The van der Waals surface area contributed by atoms with Gasteiger partial charge in [-0.2, -0.15) is 0 Å². The van der Waals surface area contributed by atoms with Crippen LogP contribution in [0.2, 0.25) is 0 Å². The first-order valence-electron chi connectivity index (χ1n) is 9.64. The number of rotatable bonds is 7. The van der Waals surface area contributed by atoms with Crippen LogP contribution in [0.15, 0.2) is 48.2 Å². The molecule has 29 heavy (non-hydrogen) atoms. The standard InChI is InChI=1S/C23H26N2O4/c1-5-29-19-8-6-7-18(14-19)25-22(27)20(17-10-9-15(2)16(3)13-17)21(23(25)28)24(4)11-12-26/h6-10,13-14,26H,5,11-12H2,1-4H3. The van der Waals surface area contributed by atoms with Gasteiger partial charge in [-0.15, -0.1) is 0 Å². The summed E-state index contributed by atoms with van der Waals surface area (Å²) in [6.45, 7) is 6.46. The van der Waals surface area contributed by atoms with Crippen LogP contribution in [-0.4, -0.2) is 48.6 Å². The number of nitrogens with zero attached hydrogens (tertiary/aromatic N) is 2. The monoisotopic (exact) mass is 394 g/mol. The number of hydrogen-bond donors (Lipinski definition) is 1. The molecule has 2 aromatic carbocycles. The first kappa shape index (κ1) is 20.6. The minimum absolute atomic E-state index is 0.124. The van der Waals surface area contributed by atoms with Gasteiger partial charge < -0.3 is 14.7 Å². The van der Waals surface area contributed by atoms with E-state index in [0.717, 1.165) is 11.1 Å². The fourth-order valence-corrected chi connectivity index (χ4v) is 3.40. The van der Waals surface area contributed by atoms with E-state index in [2.05, 4.69) is 0 Å². The Balaban J connectivity index is 2.12. The van der Waals surface area contributed by atoms with Gasteiger partial charge in [0.2, 0.25) is 0 Å². The Hall–Kier alpha value is -3.12. The van der Waals surface area contributed by atoms with Crippen LogP contribution in [0.1, 0.15) is 23.6 Å². The highest BCUT2D eigenvalue weighted by atomic mass is 16.5. The van der Waals surface area contributed by atoms with Crippen LogP contribution >= 0.6 is 0 Å². The lowest BCUT2D eigenvalue weighted by Gasteiger charge is -2.20. The van der Waals surface area contributed by atoms with Crippen LogP contribution in [0.5, 0.6) is 5.75 Å². The highest BCUT2D eigenvalue weighted by Crippen LogP contribution is 2.35. The molecule has 1 aliphatic rings. The molecule has 1 heterocycles. The van der Waals surface area contributed by atoms with Crippen molar-refractivity contribution >= 4 is 23.1 Å². The largest absolute Gasteiger partial charge is 0.494 e. The fraction of sp³-hybridized carbons (Fsp3) is 0.304. The molecular formula is C23H26N2O4. The third-order valence-corrected chi connectivity index (χ3v) is 5.06. The first-order valence-corrected chi connectivity index (χ1v) is 9.64. The summed E-state index contributed by atoms with van der Waals surface area (Å²) in [6, 6.07) is 12.7. The molecule has 0 radical (unpaired) electrons. The maximum atomic E-state index is 13.4. The van der Waals surface area contributed by atoms with Crippen LogP contribution in [0.3, 0.4) is 0 Å². The SMILES string of the molecule is CCOc1cccc(N2C(=O)C(c3ccc(C)c(C)c3)=C(N(C)CCO)C2=O)c1. The minimum Gasteiger partial charge on any atom is -0.494 e. The third-order valence-electron chi connectivity index (χ3n) is 5.06. The number of aliphatic hydroxyl groups excluding tert-OH is 1. The van der Waals surface area contributed by atoms with Crippen molar-refractivity contribution in [2.24, 2.45) is 0 Å². The summed E-state index contributed by atoms with van der Waals surface area (Å²) in [5.41, 5.74) is 3.92. The van der Waals surface area contributed by atoms with Crippen molar-refractivity contribution in [1.82, 2.24) is 4.90 Å². The van der Waals surface area contributed by atoms with Gasteiger partial charge in [0.05, 0.1) is 24.5 Å². The van der Waals surface area contributed by atoms with Crippen LogP contribution in [0.25, 0.3) is 5.57 Å². The lowest BCUT2D eigenvalue weighted by molar-refractivity contribution is -0.120. The molecule has 1 aliphatic heterocycles. The molecule has 3 rings (SSSR count). The Morgan fingerprint density at radius 2 is 1.79 bits per heavy atom. The van der Waals surface area contributed by atoms with Gasteiger partial charge in [0.1, 0.15) is 11.4 Å². The number of imide groups is 1. The lowest BCUT2D eigenvalue weighted by atomic mass is 9.99. The molecule has 6 heteroatoms. The van der Waals surface area contributed by atoms with Crippen molar-refractivity contribution in [2.75, 3.05) is 31.7 Å². The first-order chi connectivity index (χ1) is 13.9. The second-order valence-electron chi connectivity index (χ2n) is 7.04. The zero-order chi connectivity index (χ0) is 21.1. The molecule has 1 N–H and O–H groups in total. The molecule has 0 unspecified atom stereocenters. The second-order valence-corrected chi connectivity index (χ2v) is 7.04. The number of carbonyl (C=O) groups is 2. The van der Waals surface area contributed by atoms with Gasteiger partial charge in [-0.05, 0) is 49.6 Å². The van der Waals surface area contributed by atoms with Gasteiger partial charge in [0.15, 0.2) is 0 Å². The number of likely N-dealkylation sites (N-methyl/N-ethyl adjacent to an activating group) is 1. The topological polar surface area (TPSA) is 70.1 Å². The van der Waals surface area contributed by atoms with Gasteiger partial charge in [0, 0.05) is 19.7 Å². The van der Waals surface area contributed by atoms with E-state index in [-0.39, 0.29) is 24.8 Å². The highest BCUT2D eigenvalue weighted by Gasteiger charge is 2.41. The molecule has 2 amide bonds. The van der Waals surface area contributed by atoms with E-state index in [0.29, 0.717) is 29.2 Å². The number of carbonyl (C=O) groups excluding carboxylic acids is 2. The van der Waals surface area contributed by atoms with Crippen molar-refractivity contribution in [3.63, 3.8) is 0 Å². The van der Waals surface area contributed by atoms with Gasteiger partial charge >= 0.3 is 0 Å². The lowest BCUT2D eigenvalue weighted by Crippen LogP contribution is -2.34. The summed E-state index contributed by atoms with van der Waals surface area (Å²) in [7, 11) is 1.71. The van der Waals surface area contributed by atoms with Crippen molar-refractivity contribution in [2.45, 2.75) is 20.8 Å². The predicted octanol–water partition coefficient (Wildman–Crippen LogP) is 2.91. The molecular weight excluding hydrogens is 368 g/mol. The summed E-state index contributed by atoms with van der Waals surface area (Å²) in [5.74, 6) is -0.199. The van der Waals surface area contributed by atoms with Gasteiger partial charge in [-0.1, -0.05) is 24.3 Å². The Morgan fingerprint density at radius 1 is 1.03 bits per heavy atom. The number of amides is 2. The normalized spacial score (nSPS) is 14.0. The molecule has 0 atom stereocenters. The van der Waals surface area contributed by atoms with Gasteiger partial charge in [-0.25, -0.2) is 4.90 Å². The van der Waals surface area contributed by atoms with E-state index in [1.165, 1.54) is 4.90 Å². The minimum atomic E-state index is -0.409. The van der Waals surface area contributed by atoms with Crippen molar-refractivity contribution < 1.29 is 19.4 Å². The van der Waals surface area contributed by atoms with Crippen molar-refractivity contribution in [3.05, 3.63) is 64.9 Å². The van der Waals surface area contributed by atoms with Crippen molar-refractivity contribution in [1.29, 1.82) is 0 Å². The molecule has 152 valence electrons. The summed E-state index contributed by atoms with van der Waals surface area (Å²) in [6.07, 6.45) is 0. The number of hydrogen-bond acceptors (Lipinski definition) is 5. The maximum Gasteiger partial charge on any atom is 0.282 e. The molecule has 0 spiro atoms. The van der Waals surface area contributed by atoms with E-state index in [9.17, 15) is 14.7 Å². The molecule has 0 aromatic heterocycles. The van der Waals surface area contributed by atoms with E-state index in [4.69, 9.17) is 4.74 Å². The third kappa shape index (κ3) is 3.89. The summed E-state index contributed by atoms with van der Waals surface area (Å²) in [5, 5.41) is 9.37. The Labute approximate surface area is 171 Å². The Bertz CT molecular complexity index is 981. The van der Waals surface area contributed by atoms with E-state index >= 15 is 0 Å². The number of aliphatic hydroxyl groups is 1. The average molecular weight is 394 g/mol. The number of aryl methyl sites for hydroxylation is 2. The van der Waals surface area contributed by atoms with Crippen LogP contribution in [0, 0.1) is 13.8 Å². The molecule has 0 bridgehead atoms. The highest BCUT2D eigenvalue weighted by molar-refractivity contribution is 6.45. The average Bonchev–Trinajstić information content (AvgIpc) is 2.95. The van der Waals surface area contributed by atoms with Gasteiger partial charge in [-0.3, -0.25) is 9.59 Å². The number of ether oxygens (including phenoxy) is 1. The molecule has 0 saturated carbocycles. The smallest absolute Gasteiger partial charge is 0.282 e. The van der Waals surface area contributed by atoms with Crippen LogP contribution in [-0.2, 0) is 9.59 Å². The zero-order valence-corrected chi connectivity index (χ0v) is 17.2. The van der Waals surface area contributed by atoms with Crippen LogP contribution < -0.4 is 9.64 Å². The van der Waals surface area contributed by atoms with Crippen LogP contribution in [0.4, 0.5) is 5.69 Å². The molecule has 6 nitrogen and oxygen atoms in total. The molecule has 0 fully saturated rings. The fourth-order valence-electron chi connectivity index (χ4n) is 3.40. The maximum absolute atomic E-state index is 13.4. The molecule has 2 aromatic rings.